The first-order valence-corrected chi connectivity index (χ1v) is 8.20. The molecule has 0 unspecified atom stereocenters. The number of nitrogens with zero attached hydrogens (tertiary/aromatic N) is 1. The minimum atomic E-state index is 0.402. The van der Waals surface area contributed by atoms with Crippen LogP contribution in [-0.4, -0.2) is 11.4 Å². The second-order valence-electron chi connectivity index (χ2n) is 7.09. The third-order valence-electron chi connectivity index (χ3n) is 4.66. The summed E-state index contributed by atoms with van der Waals surface area (Å²) in [7, 11) is 0. The summed E-state index contributed by atoms with van der Waals surface area (Å²) in [6.07, 6.45) is 16.8. The standard InChI is InChI=1S/C20H31NO/c1-16(8-6-9-17(2)13-15-21-22)11-12-19-18(3)10-7-14-20(19,4)5/h6,8-11,15,19,22H,7,12-14H2,1-5H3/b8-6+,16-11+,17-9+,21-15-/t19-/m1/s1. The van der Waals surface area contributed by atoms with Crippen molar-refractivity contribution in [2.45, 2.75) is 60.3 Å². The second kappa shape index (κ2) is 8.77. The van der Waals surface area contributed by atoms with Crippen LogP contribution in [0, 0.1) is 11.3 Å². The molecule has 1 rings (SSSR count). The van der Waals surface area contributed by atoms with Crippen molar-refractivity contribution in [3.63, 3.8) is 0 Å². The molecule has 0 radical (unpaired) electrons. The van der Waals surface area contributed by atoms with E-state index in [-0.39, 0.29) is 0 Å². The molecule has 0 bridgehead atoms. The smallest absolute Gasteiger partial charge is 0.0476 e. The SMILES string of the molecule is CC1=CCCC(C)(C)[C@@H]1C/C=C(C)/C=C/C=C(\C)C/C=N\O. The van der Waals surface area contributed by atoms with Gasteiger partial charge in [0.05, 0.1) is 0 Å². The Morgan fingerprint density at radius 3 is 2.77 bits per heavy atom. The van der Waals surface area contributed by atoms with Crippen LogP contribution in [0.5, 0.6) is 0 Å². The molecule has 0 heterocycles. The molecule has 0 aromatic rings. The molecule has 0 amide bonds. The van der Waals surface area contributed by atoms with Crippen molar-refractivity contribution in [1.82, 2.24) is 0 Å². The summed E-state index contributed by atoms with van der Waals surface area (Å²) in [5, 5.41) is 11.4. The Hall–Kier alpha value is -1.57. The molecule has 0 fully saturated rings. The van der Waals surface area contributed by atoms with Crippen LogP contribution in [0.2, 0.25) is 0 Å². The van der Waals surface area contributed by atoms with Crippen molar-refractivity contribution >= 4 is 6.21 Å². The second-order valence-corrected chi connectivity index (χ2v) is 7.09. The average Bonchev–Trinajstić information content (AvgIpc) is 2.43. The number of allylic oxidation sites excluding steroid dienone is 8. The van der Waals surface area contributed by atoms with E-state index in [0.717, 1.165) is 6.42 Å². The van der Waals surface area contributed by atoms with Gasteiger partial charge in [0, 0.05) is 12.6 Å². The first-order chi connectivity index (χ1) is 10.4. The van der Waals surface area contributed by atoms with E-state index >= 15 is 0 Å². The largest absolute Gasteiger partial charge is 0.411 e. The van der Waals surface area contributed by atoms with E-state index in [9.17, 15) is 0 Å². The minimum absolute atomic E-state index is 0.402. The number of hydrogen-bond acceptors (Lipinski definition) is 2. The molecule has 1 aliphatic rings. The summed E-state index contributed by atoms with van der Waals surface area (Å²) in [4.78, 5) is 0. The Labute approximate surface area is 136 Å². The van der Waals surface area contributed by atoms with Crippen molar-refractivity contribution in [2.24, 2.45) is 16.5 Å². The van der Waals surface area contributed by atoms with Gasteiger partial charge in [-0.15, -0.1) is 5.16 Å². The van der Waals surface area contributed by atoms with E-state index in [1.807, 2.05) is 6.92 Å². The molecule has 22 heavy (non-hydrogen) atoms. The summed E-state index contributed by atoms with van der Waals surface area (Å²) >= 11 is 0. The molecule has 0 aliphatic heterocycles. The van der Waals surface area contributed by atoms with Gasteiger partial charge in [-0.3, -0.25) is 0 Å². The quantitative estimate of drug-likeness (QED) is 0.209. The van der Waals surface area contributed by atoms with Gasteiger partial charge in [0.25, 0.3) is 0 Å². The lowest BCUT2D eigenvalue weighted by Crippen LogP contribution is -2.27. The summed E-state index contributed by atoms with van der Waals surface area (Å²) in [5.41, 5.74) is 4.42. The highest BCUT2D eigenvalue weighted by Crippen LogP contribution is 2.42. The molecule has 122 valence electrons. The highest BCUT2D eigenvalue weighted by Gasteiger charge is 2.31. The van der Waals surface area contributed by atoms with Crippen LogP contribution >= 0.6 is 0 Å². The van der Waals surface area contributed by atoms with Crippen LogP contribution in [-0.2, 0) is 0 Å². The van der Waals surface area contributed by atoms with Gasteiger partial charge in [-0.25, -0.2) is 0 Å². The van der Waals surface area contributed by atoms with Crippen LogP contribution in [0.25, 0.3) is 0 Å². The molecule has 1 aliphatic carbocycles. The zero-order valence-electron chi connectivity index (χ0n) is 14.8. The van der Waals surface area contributed by atoms with Crippen molar-refractivity contribution in [2.75, 3.05) is 0 Å². The Morgan fingerprint density at radius 2 is 2.14 bits per heavy atom. The van der Waals surface area contributed by atoms with Gasteiger partial charge in [-0.05, 0) is 51.4 Å². The normalized spacial score (nSPS) is 23.3. The minimum Gasteiger partial charge on any atom is -0.411 e. The maximum Gasteiger partial charge on any atom is 0.0476 e. The number of hydrogen-bond donors (Lipinski definition) is 1. The molecule has 1 N–H and O–H groups in total. The predicted molar refractivity (Wildman–Crippen MR) is 96.4 cm³/mol. The van der Waals surface area contributed by atoms with Crippen LogP contribution < -0.4 is 0 Å². The lowest BCUT2D eigenvalue weighted by atomic mass is 9.67. The monoisotopic (exact) mass is 301 g/mol. The molecular weight excluding hydrogens is 270 g/mol. The summed E-state index contributed by atoms with van der Waals surface area (Å²) < 4.78 is 0. The first-order valence-electron chi connectivity index (χ1n) is 8.20. The summed E-state index contributed by atoms with van der Waals surface area (Å²) in [5.74, 6) is 0.655. The van der Waals surface area contributed by atoms with E-state index in [4.69, 9.17) is 5.21 Å². The average molecular weight is 301 g/mol. The molecule has 2 nitrogen and oxygen atoms in total. The maximum absolute atomic E-state index is 8.40. The third kappa shape index (κ3) is 6.05. The van der Waals surface area contributed by atoms with Gasteiger partial charge >= 0.3 is 0 Å². The van der Waals surface area contributed by atoms with Gasteiger partial charge in [-0.1, -0.05) is 60.9 Å². The highest BCUT2D eigenvalue weighted by atomic mass is 16.4. The lowest BCUT2D eigenvalue weighted by Gasteiger charge is -2.38. The van der Waals surface area contributed by atoms with E-state index < -0.39 is 0 Å². The number of oxime groups is 1. The van der Waals surface area contributed by atoms with Crippen LogP contribution in [0.4, 0.5) is 0 Å². The predicted octanol–water partition coefficient (Wildman–Crippen LogP) is 6.06. The Balaban J connectivity index is 2.62. The zero-order chi connectivity index (χ0) is 16.6. The van der Waals surface area contributed by atoms with Gasteiger partial charge < -0.3 is 5.21 Å². The molecule has 0 saturated carbocycles. The highest BCUT2D eigenvalue weighted by molar-refractivity contribution is 5.60. The Bertz CT molecular complexity index is 504. The van der Waals surface area contributed by atoms with Crippen LogP contribution in [0.1, 0.15) is 60.3 Å². The Morgan fingerprint density at radius 1 is 1.41 bits per heavy atom. The molecular formula is C20H31NO. The van der Waals surface area contributed by atoms with Gasteiger partial charge in [-0.2, -0.15) is 0 Å². The van der Waals surface area contributed by atoms with Crippen molar-refractivity contribution < 1.29 is 5.21 Å². The van der Waals surface area contributed by atoms with Crippen molar-refractivity contribution in [3.8, 4) is 0 Å². The fourth-order valence-electron chi connectivity index (χ4n) is 3.10. The zero-order valence-corrected chi connectivity index (χ0v) is 14.8. The molecule has 0 aromatic carbocycles. The fourth-order valence-corrected chi connectivity index (χ4v) is 3.10. The molecule has 0 spiro atoms. The van der Waals surface area contributed by atoms with E-state index in [0.29, 0.717) is 17.8 Å². The summed E-state index contributed by atoms with van der Waals surface area (Å²) in [6, 6.07) is 0. The fraction of sp³-hybridized carbons (Fsp3) is 0.550. The van der Waals surface area contributed by atoms with E-state index in [1.165, 1.54) is 30.2 Å². The molecule has 1 atom stereocenters. The van der Waals surface area contributed by atoms with Gasteiger partial charge in [0.2, 0.25) is 0 Å². The van der Waals surface area contributed by atoms with E-state index in [2.05, 4.69) is 63.2 Å². The van der Waals surface area contributed by atoms with Crippen molar-refractivity contribution in [3.05, 3.63) is 47.1 Å². The van der Waals surface area contributed by atoms with Crippen molar-refractivity contribution in [1.29, 1.82) is 0 Å². The van der Waals surface area contributed by atoms with Gasteiger partial charge in [0.15, 0.2) is 0 Å². The van der Waals surface area contributed by atoms with Crippen LogP contribution in [0.3, 0.4) is 0 Å². The molecule has 0 aromatic heterocycles. The Kier molecular flexibility index (Phi) is 7.37. The van der Waals surface area contributed by atoms with Gasteiger partial charge in [0.1, 0.15) is 0 Å². The lowest BCUT2D eigenvalue weighted by molar-refractivity contribution is 0.216. The molecule has 0 saturated heterocycles. The maximum atomic E-state index is 8.40. The molecule has 2 heteroatoms. The third-order valence-corrected chi connectivity index (χ3v) is 4.66. The van der Waals surface area contributed by atoms with E-state index in [1.54, 1.807) is 5.57 Å². The number of rotatable bonds is 6. The summed E-state index contributed by atoms with van der Waals surface area (Å²) in [6.45, 7) is 11.2. The first kappa shape index (κ1) is 18.5. The topological polar surface area (TPSA) is 32.6 Å². The van der Waals surface area contributed by atoms with Crippen LogP contribution in [0.15, 0.2) is 52.3 Å².